The fourth-order valence-electron chi connectivity index (χ4n) is 1.92. The van der Waals surface area contributed by atoms with Crippen molar-refractivity contribution in [1.29, 1.82) is 0 Å². The zero-order chi connectivity index (χ0) is 12.2. The monoisotopic (exact) mass is 228 g/mol. The van der Waals surface area contributed by atoms with E-state index in [0.717, 1.165) is 6.42 Å². The fraction of sp³-hybridized carbons (Fsp3) is 1.00. The van der Waals surface area contributed by atoms with Crippen LogP contribution in [0.1, 0.15) is 71.1 Å². The summed E-state index contributed by atoms with van der Waals surface area (Å²) >= 11 is 0. The number of nitrogens with two attached hydrogens (primary N) is 1. The Morgan fingerprint density at radius 3 is 1.69 bits per heavy atom. The third-order valence-corrected chi connectivity index (χ3v) is 3.27. The molecule has 0 aromatic heterocycles. The van der Waals surface area contributed by atoms with Gasteiger partial charge in [0.1, 0.15) is 0 Å². The topological polar surface area (TPSA) is 29.3 Å². The minimum atomic E-state index is 0.254. The third-order valence-electron chi connectivity index (χ3n) is 3.27. The summed E-state index contributed by atoms with van der Waals surface area (Å²) in [6.07, 6.45) is 13.9. The van der Waals surface area contributed by atoms with Gasteiger partial charge in [0.05, 0.1) is 6.17 Å². The second-order valence-corrected chi connectivity index (χ2v) is 5.15. The SMILES string of the molecule is CCCCCCCCCCCC(N)N(C)C. The average molecular weight is 228 g/mol. The van der Waals surface area contributed by atoms with Crippen LogP contribution in [0.2, 0.25) is 0 Å². The van der Waals surface area contributed by atoms with Crippen LogP contribution in [0.4, 0.5) is 0 Å². The molecule has 0 heterocycles. The zero-order valence-electron chi connectivity index (χ0n) is 11.7. The van der Waals surface area contributed by atoms with Crippen LogP contribution in [-0.2, 0) is 0 Å². The van der Waals surface area contributed by atoms with E-state index in [2.05, 4.69) is 25.9 Å². The maximum absolute atomic E-state index is 5.94. The smallest absolute Gasteiger partial charge is 0.0566 e. The minimum Gasteiger partial charge on any atom is -0.316 e. The van der Waals surface area contributed by atoms with Crippen molar-refractivity contribution in [2.45, 2.75) is 77.3 Å². The van der Waals surface area contributed by atoms with E-state index in [1.807, 2.05) is 0 Å². The summed E-state index contributed by atoms with van der Waals surface area (Å²) in [6, 6.07) is 0. The van der Waals surface area contributed by atoms with Crippen molar-refractivity contribution in [3.63, 3.8) is 0 Å². The first-order valence-corrected chi connectivity index (χ1v) is 7.10. The van der Waals surface area contributed by atoms with Gasteiger partial charge >= 0.3 is 0 Å². The molecule has 16 heavy (non-hydrogen) atoms. The summed E-state index contributed by atoms with van der Waals surface area (Å²) in [6.45, 7) is 2.27. The fourth-order valence-corrected chi connectivity index (χ4v) is 1.92. The van der Waals surface area contributed by atoms with Crippen LogP contribution in [0.25, 0.3) is 0 Å². The lowest BCUT2D eigenvalue weighted by molar-refractivity contribution is 0.278. The second-order valence-electron chi connectivity index (χ2n) is 5.15. The number of hydrogen-bond acceptors (Lipinski definition) is 2. The van der Waals surface area contributed by atoms with Crippen molar-refractivity contribution < 1.29 is 0 Å². The highest BCUT2D eigenvalue weighted by molar-refractivity contribution is 4.57. The van der Waals surface area contributed by atoms with Gasteiger partial charge in [-0.15, -0.1) is 0 Å². The maximum atomic E-state index is 5.94. The number of unbranched alkanes of at least 4 members (excludes halogenated alkanes) is 8. The lowest BCUT2D eigenvalue weighted by Crippen LogP contribution is -2.35. The molecule has 98 valence electrons. The molecule has 0 aliphatic heterocycles. The van der Waals surface area contributed by atoms with Crippen molar-refractivity contribution in [2.24, 2.45) is 5.73 Å². The van der Waals surface area contributed by atoms with E-state index < -0.39 is 0 Å². The van der Waals surface area contributed by atoms with Crippen LogP contribution < -0.4 is 5.73 Å². The molecule has 2 heteroatoms. The molecule has 0 radical (unpaired) electrons. The summed E-state index contributed by atoms with van der Waals surface area (Å²) in [4.78, 5) is 2.10. The van der Waals surface area contributed by atoms with Gasteiger partial charge in [-0.25, -0.2) is 0 Å². The van der Waals surface area contributed by atoms with Gasteiger partial charge in [0.15, 0.2) is 0 Å². The Hall–Kier alpha value is -0.0800. The third kappa shape index (κ3) is 10.4. The molecule has 0 saturated carbocycles. The molecule has 2 N–H and O–H groups in total. The molecule has 0 amide bonds. The van der Waals surface area contributed by atoms with Crippen LogP contribution in [0.3, 0.4) is 0 Å². The first-order chi connectivity index (χ1) is 7.68. The van der Waals surface area contributed by atoms with E-state index >= 15 is 0 Å². The molecule has 0 aromatic rings. The van der Waals surface area contributed by atoms with Gasteiger partial charge in [0, 0.05) is 0 Å². The lowest BCUT2D eigenvalue weighted by atomic mass is 10.1. The molecule has 0 aliphatic carbocycles. The first-order valence-electron chi connectivity index (χ1n) is 7.10. The van der Waals surface area contributed by atoms with E-state index in [0.29, 0.717) is 0 Å². The van der Waals surface area contributed by atoms with E-state index in [9.17, 15) is 0 Å². The molecule has 0 aliphatic rings. The van der Waals surface area contributed by atoms with Gasteiger partial charge < -0.3 is 5.73 Å². The molecular weight excluding hydrogens is 196 g/mol. The molecule has 0 spiro atoms. The van der Waals surface area contributed by atoms with Crippen molar-refractivity contribution in [3.8, 4) is 0 Å². The number of rotatable bonds is 11. The Bertz CT molecular complexity index is 135. The Labute approximate surface area is 103 Å². The van der Waals surface area contributed by atoms with E-state index in [1.165, 1.54) is 57.8 Å². The van der Waals surface area contributed by atoms with Gasteiger partial charge in [0.25, 0.3) is 0 Å². The Morgan fingerprint density at radius 2 is 1.25 bits per heavy atom. The summed E-state index contributed by atoms with van der Waals surface area (Å²) in [5, 5.41) is 0. The Morgan fingerprint density at radius 1 is 0.812 bits per heavy atom. The molecule has 0 saturated heterocycles. The second kappa shape index (κ2) is 11.4. The Kier molecular flexibility index (Phi) is 11.3. The van der Waals surface area contributed by atoms with Crippen LogP contribution in [0.15, 0.2) is 0 Å². The molecule has 0 bridgehead atoms. The van der Waals surface area contributed by atoms with Crippen LogP contribution in [0.5, 0.6) is 0 Å². The lowest BCUT2D eigenvalue weighted by Gasteiger charge is -2.19. The molecule has 1 unspecified atom stereocenters. The predicted octanol–water partition coefficient (Wildman–Crippen LogP) is 3.75. The van der Waals surface area contributed by atoms with E-state index in [-0.39, 0.29) is 6.17 Å². The van der Waals surface area contributed by atoms with Crippen molar-refractivity contribution >= 4 is 0 Å². The van der Waals surface area contributed by atoms with Gasteiger partial charge in [-0.05, 0) is 20.5 Å². The molecule has 0 aromatic carbocycles. The summed E-state index contributed by atoms with van der Waals surface area (Å²) in [5.41, 5.74) is 5.94. The van der Waals surface area contributed by atoms with Gasteiger partial charge in [-0.1, -0.05) is 64.7 Å². The standard InChI is InChI=1S/C14H32N2/c1-4-5-6-7-8-9-10-11-12-13-14(15)16(2)3/h14H,4-13,15H2,1-3H3. The molecular formula is C14H32N2. The highest BCUT2D eigenvalue weighted by Crippen LogP contribution is 2.11. The van der Waals surface area contributed by atoms with Crippen LogP contribution in [-0.4, -0.2) is 25.2 Å². The summed E-state index contributed by atoms with van der Waals surface area (Å²) in [7, 11) is 4.11. The first kappa shape index (κ1) is 15.9. The maximum Gasteiger partial charge on any atom is 0.0566 e. The number of nitrogens with zero attached hydrogens (tertiary/aromatic N) is 1. The van der Waals surface area contributed by atoms with Gasteiger partial charge in [0.2, 0.25) is 0 Å². The van der Waals surface area contributed by atoms with E-state index in [1.54, 1.807) is 0 Å². The average Bonchev–Trinajstić information content (AvgIpc) is 2.26. The highest BCUT2D eigenvalue weighted by Gasteiger charge is 2.03. The summed E-state index contributed by atoms with van der Waals surface area (Å²) < 4.78 is 0. The van der Waals surface area contributed by atoms with Gasteiger partial charge in [-0.2, -0.15) is 0 Å². The van der Waals surface area contributed by atoms with Crippen molar-refractivity contribution in [2.75, 3.05) is 14.1 Å². The van der Waals surface area contributed by atoms with E-state index in [4.69, 9.17) is 5.73 Å². The van der Waals surface area contributed by atoms with Crippen molar-refractivity contribution in [3.05, 3.63) is 0 Å². The van der Waals surface area contributed by atoms with Crippen LogP contribution in [0, 0.1) is 0 Å². The molecule has 2 nitrogen and oxygen atoms in total. The predicted molar refractivity (Wildman–Crippen MR) is 73.5 cm³/mol. The number of hydrogen-bond donors (Lipinski definition) is 1. The normalized spacial score (nSPS) is 13.3. The summed E-state index contributed by atoms with van der Waals surface area (Å²) in [5.74, 6) is 0. The quantitative estimate of drug-likeness (QED) is 0.431. The largest absolute Gasteiger partial charge is 0.316 e. The molecule has 0 rings (SSSR count). The van der Waals surface area contributed by atoms with Crippen LogP contribution >= 0.6 is 0 Å². The minimum absolute atomic E-state index is 0.254. The molecule has 1 atom stereocenters. The molecule has 0 fully saturated rings. The van der Waals surface area contributed by atoms with Gasteiger partial charge in [-0.3, -0.25) is 4.90 Å². The highest BCUT2D eigenvalue weighted by atomic mass is 15.2. The zero-order valence-corrected chi connectivity index (χ0v) is 11.7. The van der Waals surface area contributed by atoms with Crippen molar-refractivity contribution in [1.82, 2.24) is 4.90 Å². The Balaban J connectivity index is 3.04.